The maximum Gasteiger partial charge on any atom is 0.137 e. The number of nitrogens with two attached hydrogens (primary N) is 1. The van der Waals surface area contributed by atoms with Gasteiger partial charge in [0.15, 0.2) is 0 Å². The Morgan fingerprint density at radius 3 is 2.83 bits per heavy atom. The number of aliphatic hydroxyl groups is 2. The maximum atomic E-state index is 13.3. The van der Waals surface area contributed by atoms with Crippen LogP contribution >= 0.6 is 27.9 Å². The van der Waals surface area contributed by atoms with Gasteiger partial charge < -0.3 is 10.2 Å². The molecule has 1 aliphatic rings. The Balaban J connectivity index is 2.45. The molecule has 3 atom stereocenters. The van der Waals surface area contributed by atoms with Crippen LogP contribution in [0.4, 0.5) is 4.39 Å². The maximum absolute atomic E-state index is 13.3. The number of benzene rings is 1. The lowest BCUT2D eigenvalue weighted by Gasteiger charge is -2.32. The lowest BCUT2D eigenvalue weighted by Crippen LogP contribution is -2.31. The Morgan fingerprint density at radius 1 is 1.56 bits per heavy atom. The molecule has 0 radical (unpaired) electrons. The number of rotatable bonds is 3. The third-order valence-corrected chi connectivity index (χ3v) is 5.36. The van der Waals surface area contributed by atoms with E-state index in [1.807, 2.05) is 0 Å². The first-order valence-electron chi connectivity index (χ1n) is 5.66. The van der Waals surface area contributed by atoms with Crippen molar-refractivity contribution in [1.82, 2.24) is 0 Å². The zero-order valence-electron chi connectivity index (χ0n) is 9.64. The molecule has 18 heavy (non-hydrogen) atoms. The van der Waals surface area contributed by atoms with Crippen molar-refractivity contribution in [3.05, 3.63) is 34.1 Å². The van der Waals surface area contributed by atoms with E-state index in [4.69, 9.17) is 5.14 Å². The number of hydrogen-bond donors (Lipinski definition) is 3. The summed E-state index contributed by atoms with van der Waals surface area (Å²) in [6, 6.07) is 4.72. The fourth-order valence-corrected chi connectivity index (χ4v) is 3.96. The van der Waals surface area contributed by atoms with Gasteiger partial charge in [-0.15, -0.1) is 0 Å². The lowest BCUT2D eigenvalue weighted by molar-refractivity contribution is 0.163. The summed E-state index contributed by atoms with van der Waals surface area (Å²) in [5, 5.41) is 25.1. The molecule has 100 valence electrons. The van der Waals surface area contributed by atoms with Gasteiger partial charge in [0.2, 0.25) is 0 Å². The van der Waals surface area contributed by atoms with Gasteiger partial charge in [0.25, 0.3) is 0 Å². The minimum Gasteiger partial charge on any atom is -0.396 e. The lowest BCUT2D eigenvalue weighted by atomic mass is 9.88. The Morgan fingerprint density at radius 2 is 2.28 bits per heavy atom. The highest BCUT2D eigenvalue weighted by molar-refractivity contribution is 9.10. The van der Waals surface area contributed by atoms with Crippen LogP contribution in [-0.4, -0.2) is 22.9 Å². The van der Waals surface area contributed by atoms with Crippen molar-refractivity contribution in [2.24, 2.45) is 11.1 Å². The van der Waals surface area contributed by atoms with Gasteiger partial charge in [0.05, 0.1) is 15.3 Å². The van der Waals surface area contributed by atoms with Crippen molar-refractivity contribution in [3.63, 3.8) is 0 Å². The molecule has 4 N–H and O–H groups in total. The Labute approximate surface area is 118 Å². The van der Waals surface area contributed by atoms with E-state index in [1.54, 1.807) is 12.1 Å². The standard InChI is InChI=1S/C12H15BrFNO2S/c13-10-4-7(1-2-11(10)14)12(18-15)5-9(17)3-8(12)6-16/h1-2,4,8-9,16-17H,3,5-6,15H2. The minimum absolute atomic E-state index is 0.0454. The van der Waals surface area contributed by atoms with Crippen molar-refractivity contribution in [2.45, 2.75) is 23.7 Å². The van der Waals surface area contributed by atoms with Crippen LogP contribution < -0.4 is 5.14 Å². The summed E-state index contributed by atoms with van der Waals surface area (Å²) in [5.74, 6) is -0.463. The van der Waals surface area contributed by atoms with Crippen LogP contribution in [0.5, 0.6) is 0 Å². The van der Waals surface area contributed by atoms with Gasteiger partial charge >= 0.3 is 0 Å². The summed E-state index contributed by atoms with van der Waals surface area (Å²) in [6.07, 6.45) is 0.495. The molecule has 2 rings (SSSR count). The highest BCUT2D eigenvalue weighted by Crippen LogP contribution is 2.51. The van der Waals surface area contributed by atoms with Crippen LogP contribution in [0.3, 0.4) is 0 Å². The van der Waals surface area contributed by atoms with Crippen molar-refractivity contribution < 1.29 is 14.6 Å². The van der Waals surface area contributed by atoms with Crippen LogP contribution in [0.25, 0.3) is 0 Å². The molecule has 1 aromatic carbocycles. The molecule has 0 aromatic heterocycles. The average molecular weight is 336 g/mol. The zero-order valence-corrected chi connectivity index (χ0v) is 12.0. The molecule has 1 saturated carbocycles. The molecule has 6 heteroatoms. The van der Waals surface area contributed by atoms with Crippen LogP contribution in [0, 0.1) is 11.7 Å². The van der Waals surface area contributed by atoms with E-state index in [0.29, 0.717) is 17.3 Å². The molecule has 1 aromatic rings. The predicted octanol–water partition coefficient (Wildman–Crippen LogP) is 2.15. The molecule has 0 heterocycles. The van der Waals surface area contributed by atoms with E-state index in [9.17, 15) is 14.6 Å². The van der Waals surface area contributed by atoms with E-state index >= 15 is 0 Å². The molecule has 1 fully saturated rings. The van der Waals surface area contributed by atoms with E-state index in [1.165, 1.54) is 6.07 Å². The first kappa shape index (κ1) is 14.3. The van der Waals surface area contributed by atoms with E-state index in [2.05, 4.69) is 15.9 Å². The van der Waals surface area contributed by atoms with Gasteiger partial charge in [-0.05, 0) is 46.5 Å². The van der Waals surface area contributed by atoms with Gasteiger partial charge in [0, 0.05) is 12.5 Å². The van der Waals surface area contributed by atoms with Crippen molar-refractivity contribution in [1.29, 1.82) is 0 Å². The van der Waals surface area contributed by atoms with Gasteiger partial charge in [-0.25, -0.2) is 4.39 Å². The van der Waals surface area contributed by atoms with E-state index in [0.717, 1.165) is 17.5 Å². The number of hydrogen-bond acceptors (Lipinski definition) is 4. The summed E-state index contributed by atoms with van der Waals surface area (Å²) in [5.41, 5.74) is 0.832. The third-order valence-electron chi connectivity index (χ3n) is 3.59. The third kappa shape index (κ3) is 2.32. The first-order chi connectivity index (χ1) is 8.53. The molecule has 1 aliphatic carbocycles. The molecular weight excluding hydrogens is 321 g/mol. The summed E-state index contributed by atoms with van der Waals surface area (Å²) < 4.78 is 13.1. The molecular formula is C12H15BrFNO2S. The first-order valence-corrected chi connectivity index (χ1v) is 7.33. The van der Waals surface area contributed by atoms with Gasteiger partial charge in [-0.1, -0.05) is 18.0 Å². The van der Waals surface area contributed by atoms with Crippen LogP contribution in [0.2, 0.25) is 0 Å². The van der Waals surface area contributed by atoms with Gasteiger partial charge in [0.1, 0.15) is 5.82 Å². The smallest absolute Gasteiger partial charge is 0.137 e. The van der Waals surface area contributed by atoms with Crippen molar-refractivity contribution in [3.8, 4) is 0 Å². The highest BCUT2D eigenvalue weighted by atomic mass is 79.9. The second-order valence-electron chi connectivity index (χ2n) is 4.61. The van der Waals surface area contributed by atoms with Crippen LogP contribution in [0.1, 0.15) is 18.4 Å². The Kier molecular flexibility index (Phi) is 4.33. The molecule has 0 aliphatic heterocycles. The highest BCUT2D eigenvalue weighted by Gasteiger charge is 2.48. The summed E-state index contributed by atoms with van der Waals surface area (Å²) in [7, 11) is 0. The van der Waals surface area contributed by atoms with Crippen LogP contribution in [0.15, 0.2) is 22.7 Å². The van der Waals surface area contributed by atoms with Crippen molar-refractivity contribution in [2.75, 3.05) is 6.61 Å². The molecule has 0 amide bonds. The predicted molar refractivity (Wildman–Crippen MR) is 73.4 cm³/mol. The zero-order chi connectivity index (χ0) is 13.3. The number of aliphatic hydroxyl groups excluding tert-OH is 2. The minimum atomic E-state index is -0.551. The topological polar surface area (TPSA) is 66.5 Å². The molecule has 3 nitrogen and oxygen atoms in total. The van der Waals surface area contributed by atoms with E-state index in [-0.39, 0.29) is 18.3 Å². The van der Waals surface area contributed by atoms with Gasteiger partial charge in [-0.2, -0.15) is 0 Å². The van der Waals surface area contributed by atoms with Crippen LogP contribution in [-0.2, 0) is 4.75 Å². The summed E-state index contributed by atoms with van der Waals surface area (Å²) in [6.45, 7) is -0.0454. The quantitative estimate of drug-likeness (QED) is 0.740. The fourth-order valence-electron chi connectivity index (χ4n) is 2.67. The second-order valence-corrected chi connectivity index (χ2v) is 6.43. The SMILES string of the molecule is NSC1(c2ccc(F)c(Br)c2)CC(O)CC1CO. The fraction of sp³-hybridized carbons (Fsp3) is 0.500. The average Bonchev–Trinajstić information content (AvgIpc) is 2.70. The normalized spacial score (nSPS) is 31.8. The summed E-state index contributed by atoms with van der Waals surface area (Å²) >= 11 is 4.27. The molecule has 0 spiro atoms. The Bertz CT molecular complexity index is 448. The summed E-state index contributed by atoms with van der Waals surface area (Å²) in [4.78, 5) is 0. The number of halogens is 2. The molecule has 0 bridgehead atoms. The molecule has 0 saturated heterocycles. The van der Waals surface area contributed by atoms with E-state index < -0.39 is 10.9 Å². The van der Waals surface area contributed by atoms with Crippen molar-refractivity contribution >= 4 is 27.9 Å². The second kappa shape index (κ2) is 5.46. The largest absolute Gasteiger partial charge is 0.396 e. The Hall–Kier alpha value is -0.140. The molecule has 3 unspecified atom stereocenters. The monoisotopic (exact) mass is 335 g/mol. The van der Waals surface area contributed by atoms with Gasteiger partial charge in [-0.3, -0.25) is 5.14 Å².